The maximum atomic E-state index is 11.4. The first kappa shape index (κ1) is 14.4. The Morgan fingerprint density at radius 3 is 2.40 bits per heavy atom. The highest BCUT2D eigenvalue weighted by molar-refractivity contribution is 5.78. The molecule has 0 rings (SSSR count). The van der Waals surface area contributed by atoms with Gasteiger partial charge in [-0.05, 0) is 19.8 Å². The number of carbonyl (C=O) groups is 1. The van der Waals surface area contributed by atoms with E-state index >= 15 is 0 Å². The Balaban J connectivity index is 3.69. The van der Waals surface area contributed by atoms with E-state index in [1.807, 2.05) is 0 Å². The maximum Gasteiger partial charge on any atom is 0.234 e. The fourth-order valence-corrected chi connectivity index (χ4v) is 1.15. The molecule has 0 aromatic carbocycles. The molecule has 0 bridgehead atoms. The molecule has 0 aliphatic rings. The Morgan fingerprint density at radius 1 is 1.33 bits per heavy atom. The maximum absolute atomic E-state index is 11.4. The number of methoxy groups -OCH3 is 1. The Kier molecular flexibility index (Phi) is 7.34. The molecule has 0 aromatic heterocycles. The fraction of sp³-hybridized carbons (Fsp3) is 0.909. The van der Waals surface area contributed by atoms with Crippen LogP contribution in [-0.2, 0) is 9.53 Å². The lowest BCUT2D eigenvalue weighted by Gasteiger charge is -2.28. The normalized spacial score (nSPS) is 11.5. The molecular weight excluding hydrogens is 192 g/mol. The minimum absolute atomic E-state index is 0.0279. The van der Waals surface area contributed by atoms with Crippen molar-refractivity contribution in [1.29, 1.82) is 0 Å². The second kappa shape index (κ2) is 7.65. The van der Waals surface area contributed by atoms with Crippen LogP contribution < -0.4 is 10.6 Å². The summed E-state index contributed by atoms with van der Waals surface area (Å²) < 4.78 is 4.84. The molecule has 0 fully saturated rings. The summed E-state index contributed by atoms with van der Waals surface area (Å²) in [5, 5.41) is 6.05. The first-order valence-corrected chi connectivity index (χ1v) is 5.58. The SMILES string of the molecule is CCC(C)(CC)NCC(=O)NCCOC. The monoisotopic (exact) mass is 216 g/mol. The average Bonchev–Trinajstić information content (AvgIpc) is 2.26. The van der Waals surface area contributed by atoms with Crippen LogP contribution in [0.2, 0.25) is 0 Å². The Hall–Kier alpha value is -0.610. The highest BCUT2D eigenvalue weighted by Crippen LogP contribution is 2.12. The number of amides is 1. The highest BCUT2D eigenvalue weighted by Gasteiger charge is 2.19. The summed E-state index contributed by atoms with van der Waals surface area (Å²) in [7, 11) is 1.62. The largest absolute Gasteiger partial charge is 0.383 e. The third-order valence-corrected chi connectivity index (χ3v) is 2.86. The standard InChI is InChI=1S/C11H24N2O2/c1-5-11(3,6-2)13-9-10(14)12-7-8-15-4/h13H,5-9H2,1-4H3,(H,12,14). The molecule has 0 heterocycles. The van der Waals surface area contributed by atoms with E-state index in [-0.39, 0.29) is 11.4 Å². The molecule has 1 amide bonds. The van der Waals surface area contributed by atoms with E-state index in [1.165, 1.54) is 0 Å². The third-order valence-electron chi connectivity index (χ3n) is 2.86. The van der Waals surface area contributed by atoms with Gasteiger partial charge in [0.25, 0.3) is 0 Å². The number of hydrogen-bond donors (Lipinski definition) is 2. The topological polar surface area (TPSA) is 50.4 Å². The van der Waals surface area contributed by atoms with Crippen LogP contribution in [0.3, 0.4) is 0 Å². The number of rotatable bonds is 8. The summed E-state index contributed by atoms with van der Waals surface area (Å²) in [5.41, 5.74) is 0.0681. The van der Waals surface area contributed by atoms with Crippen molar-refractivity contribution in [3.05, 3.63) is 0 Å². The molecule has 2 N–H and O–H groups in total. The van der Waals surface area contributed by atoms with Crippen LogP contribution in [0.4, 0.5) is 0 Å². The Morgan fingerprint density at radius 2 is 1.93 bits per heavy atom. The van der Waals surface area contributed by atoms with Crippen molar-refractivity contribution in [2.75, 3.05) is 26.8 Å². The lowest BCUT2D eigenvalue weighted by molar-refractivity contribution is -0.120. The van der Waals surface area contributed by atoms with Crippen molar-refractivity contribution in [1.82, 2.24) is 10.6 Å². The van der Waals surface area contributed by atoms with E-state index in [9.17, 15) is 4.79 Å². The first-order valence-electron chi connectivity index (χ1n) is 5.58. The predicted octanol–water partition coefficient (Wildman–Crippen LogP) is 0.917. The van der Waals surface area contributed by atoms with Crippen LogP contribution in [-0.4, -0.2) is 38.3 Å². The van der Waals surface area contributed by atoms with Gasteiger partial charge >= 0.3 is 0 Å². The van der Waals surface area contributed by atoms with Gasteiger partial charge in [-0.3, -0.25) is 4.79 Å². The third kappa shape index (κ3) is 6.47. The zero-order chi connectivity index (χ0) is 11.7. The summed E-state index contributed by atoms with van der Waals surface area (Å²) in [5.74, 6) is 0.0279. The Bertz CT molecular complexity index is 179. The summed E-state index contributed by atoms with van der Waals surface area (Å²) in [4.78, 5) is 11.4. The minimum Gasteiger partial charge on any atom is -0.383 e. The number of hydrogen-bond acceptors (Lipinski definition) is 3. The second-order valence-electron chi connectivity index (χ2n) is 3.96. The van der Waals surface area contributed by atoms with Gasteiger partial charge in [-0.15, -0.1) is 0 Å². The van der Waals surface area contributed by atoms with E-state index in [0.29, 0.717) is 19.7 Å². The van der Waals surface area contributed by atoms with Crippen molar-refractivity contribution >= 4 is 5.91 Å². The lowest BCUT2D eigenvalue weighted by Crippen LogP contribution is -2.46. The summed E-state index contributed by atoms with van der Waals surface area (Å²) >= 11 is 0. The van der Waals surface area contributed by atoms with Crippen LogP contribution in [0, 0.1) is 0 Å². The predicted molar refractivity (Wildman–Crippen MR) is 61.9 cm³/mol. The molecule has 0 saturated carbocycles. The van der Waals surface area contributed by atoms with Gasteiger partial charge in [-0.25, -0.2) is 0 Å². The van der Waals surface area contributed by atoms with Gasteiger partial charge in [0.2, 0.25) is 5.91 Å². The molecule has 0 atom stereocenters. The van der Waals surface area contributed by atoms with E-state index in [0.717, 1.165) is 12.8 Å². The summed E-state index contributed by atoms with van der Waals surface area (Å²) in [6, 6.07) is 0. The molecule has 0 aromatic rings. The van der Waals surface area contributed by atoms with Crippen molar-refractivity contribution in [2.24, 2.45) is 0 Å². The van der Waals surface area contributed by atoms with Crippen LogP contribution in [0.5, 0.6) is 0 Å². The smallest absolute Gasteiger partial charge is 0.234 e. The molecule has 0 spiro atoms. The van der Waals surface area contributed by atoms with Crippen LogP contribution in [0.1, 0.15) is 33.6 Å². The van der Waals surface area contributed by atoms with Gasteiger partial charge in [0.05, 0.1) is 13.2 Å². The number of ether oxygens (including phenoxy) is 1. The molecule has 4 nitrogen and oxygen atoms in total. The van der Waals surface area contributed by atoms with Gasteiger partial charge in [-0.2, -0.15) is 0 Å². The van der Waals surface area contributed by atoms with Crippen molar-refractivity contribution in [2.45, 2.75) is 39.2 Å². The molecule has 0 aliphatic heterocycles. The minimum atomic E-state index is 0.0279. The van der Waals surface area contributed by atoms with Gasteiger partial charge in [-0.1, -0.05) is 13.8 Å². The summed E-state index contributed by atoms with van der Waals surface area (Å²) in [6.07, 6.45) is 2.05. The first-order chi connectivity index (χ1) is 7.08. The molecule has 90 valence electrons. The zero-order valence-corrected chi connectivity index (χ0v) is 10.4. The number of nitrogens with one attached hydrogen (secondary N) is 2. The molecule has 0 unspecified atom stereocenters. The van der Waals surface area contributed by atoms with Crippen molar-refractivity contribution < 1.29 is 9.53 Å². The highest BCUT2D eigenvalue weighted by atomic mass is 16.5. The van der Waals surface area contributed by atoms with Crippen molar-refractivity contribution in [3.8, 4) is 0 Å². The van der Waals surface area contributed by atoms with Crippen molar-refractivity contribution in [3.63, 3.8) is 0 Å². The van der Waals surface area contributed by atoms with Crippen LogP contribution in [0.25, 0.3) is 0 Å². The molecule has 0 radical (unpaired) electrons. The van der Waals surface area contributed by atoms with Gasteiger partial charge in [0, 0.05) is 19.2 Å². The van der Waals surface area contributed by atoms with E-state index in [2.05, 4.69) is 31.4 Å². The summed E-state index contributed by atoms with van der Waals surface area (Å²) in [6.45, 7) is 7.90. The van der Waals surface area contributed by atoms with Crippen LogP contribution >= 0.6 is 0 Å². The van der Waals surface area contributed by atoms with Gasteiger partial charge < -0.3 is 15.4 Å². The van der Waals surface area contributed by atoms with E-state index in [4.69, 9.17) is 4.74 Å². The number of carbonyl (C=O) groups excluding carboxylic acids is 1. The molecule has 4 heteroatoms. The zero-order valence-electron chi connectivity index (χ0n) is 10.4. The molecule has 15 heavy (non-hydrogen) atoms. The van der Waals surface area contributed by atoms with Crippen LogP contribution in [0.15, 0.2) is 0 Å². The fourth-order valence-electron chi connectivity index (χ4n) is 1.15. The van der Waals surface area contributed by atoms with Gasteiger partial charge in [0.1, 0.15) is 0 Å². The van der Waals surface area contributed by atoms with Gasteiger partial charge in [0.15, 0.2) is 0 Å². The molecular formula is C11H24N2O2. The second-order valence-corrected chi connectivity index (χ2v) is 3.96. The quantitative estimate of drug-likeness (QED) is 0.593. The molecule has 0 aliphatic carbocycles. The van der Waals surface area contributed by atoms with E-state index in [1.54, 1.807) is 7.11 Å². The molecule has 0 saturated heterocycles. The van der Waals surface area contributed by atoms with E-state index < -0.39 is 0 Å². The Labute approximate surface area is 92.8 Å². The average molecular weight is 216 g/mol. The lowest BCUT2D eigenvalue weighted by atomic mass is 9.96.